The molecular weight excluding hydrogens is 272 g/mol. The Bertz CT molecular complexity index is 720. The third kappa shape index (κ3) is 2.09. The highest BCUT2D eigenvalue weighted by atomic mass is 16.6. The first kappa shape index (κ1) is 12.5. The average molecular weight is 286 g/mol. The molecule has 0 amide bonds. The number of aromatic nitrogens is 2. The number of anilines is 1. The van der Waals surface area contributed by atoms with E-state index in [4.69, 9.17) is 4.74 Å². The number of ether oxygens (including phenoxy) is 1. The maximum Gasteiger partial charge on any atom is 0.270 e. The van der Waals surface area contributed by atoms with Crippen molar-refractivity contribution < 1.29 is 9.66 Å². The molecule has 1 aromatic heterocycles. The Morgan fingerprint density at radius 3 is 2.95 bits per heavy atom. The summed E-state index contributed by atoms with van der Waals surface area (Å²) in [6, 6.07) is 4.85. The first-order valence-electron chi connectivity index (χ1n) is 7.02. The van der Waals surface area contributed by atoms with Gasteiger partial charge in [-0.05, 0) is 25.3 Å². The minimum atomic E-state index is -0.406. The molecule has 7 heteroatoms. The lowest BCUT2D eigenvalue weighted by atomic mass is 9.95. The van der Waals surface area contributed by atoms with Crippen LogP contribution in [-0.2, 0) is 4.74 Å². The SMILES string of the molecule is O=[N+]([O-])c1ccc2ncnc(NC3CC4CCC3O4)c2c1. The second kappa shape index (κ2) is 4.63. The number of nitrogens with one attached hydrogen (secondary N) is 1. The van der Waals surface area contributed by atoms with Gasteiger partial charge in [0.1, 0.15) is 12.1 Å². The lowest BCUT2D eigenvalue weighted by Crippen LogP contribution is -2.30. The molecule has 21 heavy (non-hydrogen) atoms. The third-order valence-electron chi connectivity index (χ3n) is 4.26. The van der Waals surface area contributed by atoms with Crippen LogP contribution in [0.25, 0.3) is 10.9 Å². The fraction of sp³-hybridized carbons (Fsp3) is 0.429. The second-order valence-corrected chi connectivity index (χ2v) is 5.54. The molecule has 3 heterocycles. The molecule has 7 nitrogen and oxygen atoms in total. The monoisotopic (exact) mass is 286 g/mol. The summed E-state index contributed by atoms with van der Waals surface area (Å²) in [6.07, 6.45) is 5.19. The van der Waals surface area contributed by atoms with Crippen molar-refractivity contribution in [2.75, 3.05) is 5.32 Å². The van der Waals surface area contributed by atoms with Crippen molar-refractivity contribution in [3.8, 4) is 0 Å². The average Bonchev–Trinajstić information content (AvgIpc) is 3.09. The maximum atomic E-state index is 10.9. The van der Waals surface area contributed by atoms with Gasteiger partial charge in [0, 0.05) is 17.5 Å². The molecule has 3 atom stereocenters. The van der Waals surface area contributed by atoms with Crippen molar-refractivity contribution in [3.63, 3.8) is 0 Å². The van der Waals surface area contributed by atoms with Crippen molar-refractivity contribution in [2.24, 2.45) is 0 Å². The van der Waals surface area contributed by atoms with Crippen LogP contribution in [0.5, 0.6) is 0 Å². The molecule has 2 aliphatic rings. The highest BCUT2D eigenvalue weighted by molar-refractivity contribution is 5.90. The molecule has 3 unspecified atom stereocenters. The summed E-state index contributed by atoms with van der Waals surface area (Å²) in [6.45, 7) is 0. The van der Waals surface area contributed by atoms with Crippen LogP contribution in [-0.4, -0.2) is 33.1 Å². The van der Waals surface area contributed by atoms with Crippen molar-refractivity contribution in [1.29, 1.82) is 0 Å². The van der Waals surface area contributed by atoms with E-state index in [0.717, 1.165) is 19.3 Å². The fourth-order valence-electron chi connectivity index (χ4n) is 3.24. The molecule has 2 fully saturated rings. The van der Waals surface area contributed by atoms with Gasteiger partial charge in [0.05, 0.1) is 28.7 Å². The van der Waals surface area contributed by atoms with Gasteiger partial charge >= 0.3 is 0 Å². The van der Waals surface area contributed by atoms with Gasteiger partial charge in [-0.1, -0.05) is 0 Å². The molecule has 1 aromatic carbocycles. The molecule has 0 aliphatic carbocycles. The zero-order valence-corrected chi connectivity index (χ0v) is 11.2. The summed E-state index contributed by atoms with van der Waals surface area (Å²) >= 11 is 0. The van der Waals surface area contributed by atoms with Crippen LogP contribution in [0.3, 0.4) is 0 Å². The van der Waals surface area contributed by atoms with Gasteiger partial charge in [0.25, 0.3) is 5.69 Å². The van der Waals surface area contributed by atoms with Gasteiger partial charge in [-0.25, -0.2) is 9.97 Å². The van der Waals surface area contributed by atoms with Gasteiger partial charge < -0.3 is 10.1 Å². The normalized spacial score (nSPS) is 27.1. The molecular formula is C14H14N4O3. The number of benzene rings is 1. The predicted molar refractivity (Wildman–Crippen MR) is 76.1 cm³/mol. The highest BCUT2D eigenvalue weighted by Crippen LogP contribution is 2.36. The first-order valence-corrected chi connectivity index (χ1v) is 7.02. The number of nitro groups is 1. The van der Waals surface area contributed by atoms with Gasteiger partial charge in [-0.15, -0.1) is 0 Å². The molecule has 108 valence electrons. The summed E-state index contributed by atoms with van der Waals surface area (Å²) in [5.41, 5.74) is 0.742. The Labute approximate surface area is 120 Å². The Morgan fingerprint density at radius 2 is 2.24 bits per heavy atom. The minimum Gasteiger partial charge on any atom is -0.373 e. The highest BCUT2D eigenvalue weighted by Gasteiger charge is 2.41. The Balaban J connectivity index is 1.70. The summed E-state index contributed by atoms with van der Waals surface area (Å²) in [5.74, 6) is 0.643. The summed E-state index contributed by atoms with van der Waals surface area (Å²) in [7, 11) is 0. The van der Waals surface area contributed by atoms with Crippen LogP contribution < -0.4 is 5.32 Å². The quantitative estimate of drug-likeness (QED) is 0.687. The molecule has 2 aromatic rings. The lowest BCUT2D eigenvalue weighted by Gasteiger charge is -2.21. The van der Waals surface area contributed by atoms with Crippen molar-refractivity contribution in [1.82, 2.24) is 9.97 Å². The predicted octanol–water partition coefficient (Wildman–Crippen LogP) is 2.27. The van der Waals surface area contributed by atoms with Crippen molar-refractivity contribution >= 4 is 22.4 Å². The molecule has 2 bridgehead atoms. The zero-order chi connectivity index (χ0) is 14.4. The minimum absolute atomic E-state index is 0.0459. The fourth-order valence-corrected chi connectivity index (χ4v) is 3.24. The number of hydrogen-bond donors (Lipinski definition) is 1. The third-order valence-corrected chi connectivity index (χ3v) is 4.26. The van der Waals surface area contributed by atoms with Gasteiger partial charge in [-0.2, -0.15) is 0 Å². The smallest absolute Gasteiger partial charge is 0.270 e. The van der Waals surface area contributed by atoms with E-state index in [1.807, 2.05) is 0 Å². The number of fused-ring (bicyclic) bond motifs is 3. The molecule has 2 aliphatic heterocycles. The van der Waals surface area contributed by atoms with Gasteiger partial charge in [0.15, 0.2) is 0 Å². The van der Waals surface area contributed by atoms with Gasteiger partial charge in [-0.3, -0.25) is 10.1 Å². The zero-order valence-electron chi connectivity index (χ0n) is 11.2. The standard InChI is InChI=1S/C14H14N4O3/c19-18(20)8-1-3-11-10(5-8)14(16-7-15-11)17-12-6-9-2-4-13(12)21-9/h1,3,5,7,9,12-13H,2,4,6H2,(H,15,16,17). The van der Waals surface area contributed by atoms with Crippen LogP contribution in [0.4, 0.5) is 11.5 Å². The van der Waals surface area contributed by atoms with E-state index in [2.05, 4.69) is 15.3 Å². The Morgan fingerprint density at radius 1 is 1.33 bits per heavy atom. The number of non-ortho nitro benzene ring substituents is 1. The molecule has 4 rings (SSSR count). The molecule has 0 radical (unpaired) electrons. The summed E-state index contributed by atoms with van der Waals surface area (Å²) in [4.78, 5) is 18.9. The van der Waals surface area contributed by atoms with E-state index in [1.165, 1.54) is 18.5 Å². The van der Waals surface area contributed by atoms with E-state index < -0.39 is 4.92 Å². The molecule has 1 N–H and O–H groups in total. The molecule has 0 saturated carbocycles. The van der Waals surface area contributed by atoms with E-state index in [9.17, 15) is 10.1 Å². The van der Waals surface area contributed by atoms with Crippen LogP contribution in [0.15, 0.2) is 24.5 Å². The second-order valence-electron chi connectivity index (χ2n) is 5.54. The van der Waals surface area contributed by atoms with E-state index in [0.29, 0.717) is 22.8 Å². The van der Waals surface area contributed by atoms with Crippen LogP contribution in [0.2, 0.25) is 0 Å². The number of rotatable bonds is 3. The first-order chi connectivity index (χ1) is 10.2. The molecule has 0 spiro atoms. The van der Waals surface area contributed by atoms with Gasteiger partial charge in [0.2, 0.25) is 0 Å². The van der Waals surface area contributed by atoms with Crippen molar-refractivity contribution in [2.45, 2.75) is 37.5 Å². The Kier molecular flexibility index (Phi) is 2.75. The summed E-state index contributed by atoms with van der Waals surface area (Å²) < 4.78 is 5.82. The van der Waals surface area contributed by atoms with Crippen LogP contribution >= 0.6 is 0 Å². The largest absolute Gasteiger partial charge is 0.373 e. The Hall–Kier alpha value is -2.28. The number of nitro benzene ring substituents is 1. The van der Waals surface area contributed by atoms with Crippen molar-refractivity contribution in [3.05, 3.63) is 34.6 Å². The van der Waals surface area contributed by atoms with Crippen LogP contribution in [0, 0.1) is 10.1 Å². The van der Waals surface area contributed by atoms with E-state index in [1.54, 1.807) is 6.07 Å². The molecule has 2 saturated heterocycles. The number of hydrogen-bond acceptors (Lipinski definition) is 6. The maximum absolute atomic E-state index is 10.9. The lowest BCUT2D eigenvalue weighted by molar-refractivity contribution is -0.384. The van der Waals surface area contributed by atoms with E-state index >= 15 is 0 Å². The number of nitrogens with zero attached hydrogens (tertiary/aromatic N) is 3. The topological polar surface area (TPSA) is 90.2 Å². The summed E-state index contributed by atoms with van der Waals surface area (Å²) in [5, 5.41) is 15.0. The van der Waals surface area contributed by atoms with Crippen LogP contribution in [0.1, 0.15) is 19.3 Å². The van der Waals surface area contributed by atoms with E-state index in [-0.39, 0.29) is 17.8 Å².